The van der Waals surface area contributed by atoms with E-state index in [0.29, 0.717) is 30.2 Å². The molecular formula is C22H35N5O2. The van der Waals surface area contributed by atoms with Crippen molar-refractivity contribution in [1.82, 2.24) is 24.9 Å². The van der Waals surface area contributed by atoms with E-state index in [9.17, 15) is 9.59 Å². The third kappa shape index (κ3) is 4.34. The van der Waals surface area contributed by atoms with E-state index in [2.05, 4.69) is 10.4 Å². The lowest BCUT2D eigenvalue weighted by Crippen LogP contribution is -2.57. The van der Waals surface area contributed by atoms with Crippen molar-refractivity contribution >= 4 is 11.8 Å². The Morgan fingerprint density at radius 1 is 1.21 bits per heavy atom. The van der Waals surface area contributed by atoms with Gasteiger partial charge in [-0.05, 0) is 64.3 Å². The number of piperidine rings is 2. The summed E-state index contributed by atoms with van der Waals surface area (Å²) in [5.41, 5.74) is 1.70. The number of carbonyl (C=O) groups excluding carboxylic acids is 2. The fourth-order valence-electron chi connectivity index (χ4n) is 5.42. The van der Waals surface area contributed by atoms with Gasteiger partial charge in [-0.2, -0.15) is 5.10 Å². The first-order valence-corrected chi connectivity index (χ1v) is 11.4. The number of likely N-dealkylation sites (tertiary alicyclic amines) is 2. The molecule has 29 heavy (non-hydrogen) atoms. The van der Waals surface area contributed by atoms with E-state index in [4.69, 9.17) is 0 Å². The molecule has 1 N–H and O–H groups in total. The third-order valence-electron chi connectivity index (χ3n) is 7.09. The summed E-state index contributed by atoms with van der Waals surface area (Å²) >= 11 is 0. The third-order valence-corrected chi connectivity index (χ3v) is 7.09. The fraction of sp³-hybridized carbons (Fsp3) is 0.773. The maximum atomic E-state index is 13.1. The summed E-state index contributed by atoms with van der Waals surface area (Å²) in [6.07, 6.45) is 7.84. The molecule has 2 bridgehead atoms. The average molecular weight is 402 g/mol. The first-order chi connectivity index (χ1) is 14.1. The van der Waals surface area contributed by atoms with Gasteiger partial charge in [0.15, 0.2) is 0 Å². The molecule has 1 aromatic rings. The minimum absolute atomic E-state index is 0.127. The van der Waals surface area contributed by atoms with Crippen LogP contribution >= 0.6 is 0 Å². The Kier molecular flexibility index (Phi) is 6.23. The van der Waals surface area contributed by atoms with Gasteiger partial charge < -0.3 is 15.1 Å². The van der Waals surface area contributed by atoms with Crippen LogP contribution in [0.3, 0.4) is 0 Å². The Morgan fingerprint density at radius 2 is 2.00 bits per heavy atom. The lowest BCUT2D eigenvalue weighted by atomic mass is 9.79. The van der Waals surface area contributed by atoms with Gasteiger partial charge in [-0.3, -0.25) is 14.3 Å². The summed E-state index contributed by atoms with van der Waals surface area (Å²) in [6, 6.07) is 0.410. The molecule has 3 unspecified atom stereocenters. The van der Waals surface area contributed by atoms with Gasteiger partial charge in [-0.25, -0.2) is 0 Å². The summed E-state index contributed by atoms with van der Waals surface area (Å²) in [4.78, 5) is 29.5. The van der Waals surface area contributed by atoms with Crippen LogP contribution in [-0.4, -0.2) is 70.2 Å². The summed E-state index contributed by atoms with van der Waals surface area (Å²) in [7, 11) is 0. The Labute approximate surface area is 173 Å². The Bertz CT molecular complexity index is 740. The second-order valence-corrected chi connectivity index (χ2v) is 9.03. The number of aryl methyl sites for hydroxylation is 1. The van der Waals surface area contributed by atoms with E-state index in [1.165, 1.54) is 6.42 Å². The molecular weight excluding hydrogens is 366 g/mol. The first-order valence-electron chi connectivity index (χ1n) is 11.4. The number of hydrogen-bond donors (Lipinski definition) is 1. The van der Waals surface area contributed by atoms with Crippen molar-refractivity contribution in [1.29, 1.82) is 0 Å². The largest absolute Gasteiger partial charge is 0.343 e. The number of hydrogen-bond acceptors (Lipinski definition) is 4. The van der Waals surface area contributed by atoms with Crippen molar-refractivity contribution in [2.45, 2.75) is 65.0 Å². The van der Waals surface area contributed by atoms with Crippen molar-refractivity contribution in [3.05, 3.63) is 17.5 Å². The molecule has 7 heteroatoms. The molecule has 4 heterocycles. The Morgan fingerprint density at radius 3 is 2.72 bits per heavy atom. The first kappa shape index (κ1) is 20.4. The van der Waals surface area contributed by atoms with Crippen molar-refractivity contribution in [3.8, 4) is 0 Å². The van der Waals surface area contributed by atoms with E-state index in [1.54, 1.807) is 6.20 Å². The molecule has 0 spiro atoms. The Hall–Kier alpha value is -1.89. The van der Waals surface area contributed by atoms with Gasteiger partial charge in [0, 0.05) is 50.9 Å². The lowest BCUT2D eigenvalue weighted by molar-refractivity contribution is -0.130. The van der Waals surface area contributed by atoms with Crippen molar-refractivity contribution in [3.63, 3.8) is 0 Å². The van der Waals surface area contributed by atoms with Crippen LogP contribution < -0.4 is 5.32 Å². The number of rotatable bonds is 6. The second-order valence-electron chi connectivity index (χ2n) is 9.03. The molecule has 3 atom stereocenters. The van der Waals surface area contributed by atoms with Crippen LogP contribution in [-0.2, 0) is 11.3 Å². The van der Waals surface area contributed by atoms with Crippen LogP contribution in [0, 0.1) is 18.8 Å². The van der Waals surface area contributed by atoms with Gasteiger partial charge in [0.2, 0.25) is 5.91 Å². The highest BCUT2D eigenvalue weighted by atomic mass is 16.2. The number of fused-ring (bicyclic) bond motifs is 2. The number of nitrogens with one attached hydrogen (secondary N) is 1. The quantitative estimate of drug-likeness (QED) is 0.792. The topological polar surface area (TPSA) is 70.5 Å². The van der Waals surface area contributed by atoms with Crippen molar-refractivity contribution in [2.75, 3.05) is 32.7 Å². The minimum Gasteiger partial charge on any atom is -0.343 e. The standard InChI is InChI=1S/C22H35N5O2/c1-3-27-16(2)19(13-24-27)22(29)26-14-17-11-18(15-26)20(23-12-17)7-6-8-21(28)25-9-4-5-10-25/h13,17-18,20,23H,3-12,14-15H2,1-2H3. The van der Waals surface area contributed by atoms with Crippen LogP contribution in [0.25, 0.3) is 0 Å². The van der Waals surface area contributed by atoms with Gasteiger partial charge >= 0.3 is 0 Å². The summed E-state index contributed by atoms with van der Waals surface area (Å²) in [6.45, 7) is 9.31. The summed E-state index contributed by atoms with van der Waals surface area (Å²) in [5.74, 6) is 1.46. The molecule has 3 fully saturated rings. The number of carbonyl (C=O) groups is 2. The average Bonchev–Trinajstić information content (AvgIpc) is 3.39. The highest BCUT2D eigenvalue weighted by molar-refractivity contribution is 5.95. The number of aromatic nitrogens is 2. The minimum atomic E-state index is 0.127. The molecule has 7 nitrogen and oxygen atoms in total. The fourth-order valence-corrected chi connectivity index (χ4v) is 5.42. The van der Waals surface area contributed by atoms with Crippen molar-refractivity contribution in [2.24, 2.45) is 11.8 Å². The van der Waals surface area contributed by atoms with E-state index >= 15 is 0 Å². The van der Waals surface area contributed by atoms with Gasteiger partial charge in [-0.15, -0.1) is 0 Å². The molecule has 0 aromatic carbocycles. The number of amides is 2. The molecule has 4 rings (SSSR count). The molecule has 3 saturated heterocycles. The van der Waals surface area contributed by atoms with Crippen LogP contribution in [0.5, 0.6) is 0 Å². The van der Waals surface area contributed by atoms with Crippen molar-refractivity contribution < 1.29 is 9.59 Å². The van der Waals surface area contributed by atoms with Crippen LogP contribution in [0.2, 0.25) is 0 Å². The predicted molar refractivity (Wildman–Crippen MR) is 112 cm³/mol. The van der Waals surface area contributed by atoms with Gasteiger partial charge in [0.05, 0.1) is 11.8 Å². The molecule has 2 amide bonds. The van der Waals surface area contributed by atoms with E-state index < -0.39 is 0 Å². The highest BCUT2D eigenvalue weighted by Crippen LogP contribution is 2.31. The predicted octanol–water partition coefficient (Wildman–Crippen LogP) is 2.05. The normalized spacial score (nSPS) is 26.8. The zero-order chi connectivity index (χ0) is 20.4. The number of nitrogens with zero attached hydrogens (tertiary/aromatic N) is 4. The molecule has 0 saturated carbocycles. The monoisotopic (exact) mass is 401 g/mol. The lowest BCUT2D eigenvalue weighted by Gasteiger charge is -2.46. The Balaban J connectivity index is 1.32. The molecule has 0 aliphatic carbocycles. The van der Waals surface area contributed by atoms with Gasteiger partial charge in [0.1, 0.15) is 0 Å². The van der Waals surface area contributed by atoms with E-state index in [-0.39, 0.29) is 5.91 Å². The van der Waals surface area contributed by atoms with Gasteiger partial charge in [0.25, 0.3) is 5.91 Å². The van der Waals surface area contributed by atoms with Crippen LogP contribution in [0.1, 0.15) is 61.5 Å². The second kappa shape index (κ2) is 8.86. The SMILES string of the molecule is CCn1ncc(C(=O)N2CC3CNC(CCCC(=O)N4CCCC4)C(C3)C2)c1C. The maximum Gasteiger partial charge on any atom is 0.257 e. The smallest absolute Gasteiger partial charge is 0.257 e. The highest BCUT2D eigenvalue weighted by Gasteiger charge is 2.38. The summed E-state index contributed by atoms with van der Waals surface area (Å²) in [5, 5.41) is 8.06. The summed E-state index contributed by atoms with van der Waals surface area (Å²) < 4.78 is 1.89. The molecule has 160 valence electrons. The van der Waals surface area contributed by atoms with Crippen LogP contribution in [0.15, 0.2) is 6.20 Å². The van der Waals surface area contributed by atoms with Gasteiger partial charge in [-0.1, -0.05) is 0 Å². The molecule has 1 aromatic heterocycles. The maximum absolute atomic E-state index is 13.1. The molecule has 3 aliphatic rings. The zero-order valence-corrected chi connectivity index (χ0v) is 17.9. The zero-order valence-electron chi connectivity index (χ0n) is 17.9. The molecule has 0 radical (unpaired) electrons. The van der Waals surface area contributed by atoms with E-state index in [1.807, 2.05) is 28.3 Å². The van der Waals surface area contributed by atoms with E-state index in [0.717, 1.165) is 76.2 Å². The molecule has 3 aliphatic heterocycles. The van der Waals surface area contributed by atoms with Crippen LogP contribution in [0.4, 0.5) is 0 Å².